The molecule has 0 fully saturated rings. The molecule has 0 radical (unpaired) electrons. The minimum atomic E-state index is -3.36. The molecular formula is C21H19ClN4O5S. The third-order valence-electron chi connectivity index (χ3n) is 4.91. The number of sulfone groups is 1. The van der Waals surface area contributed by atoms with E-state index in [1.54, 1.807) is 48.5 Å². The van der Waals surface area contributed by atoms with E-state index in [2.05, 4.69) is 15.7 Å². The molecule has 1 aliphatic heterocycles. The van der Waals surface area contributed by atoms with Crippen molar-refractivity contribution in [2.75, 3.05) is 12.4 Å². The number of benzene rings is 2. The van der Waals surface area contributed by atoms with Gasteiger partial charge in [0.05, 0.1) is 30.0 Å². The van der Waals surface area contributed by atoms with Gasteiger partial charge in [-0.25, -0.2) is 13.1 Å². The van der Waals surface area contributed by atoms with Crippen molar-refractivity contribution in [2.24, 2.45) is 0 Å². The third kappa shape index (κ3) is 4.61. The lowest BCUT2D eigenvalue weighted by Gasteiger charge is -2.12. The molecule has 0 aliphatic carbocycles. The van der Waals surface area contributed by atoms with E-state index < -0.39 is 21.7 Å². The number of hydrogen-bond donors (Lipinski definition) is 2. The SMILES string of the molecule is COc1ccc(-n2nc3c(c2NC(=O)C(=O)NCc2ccc(Cl)cc2)CS(=O)(=O)C3)cc1. The lowest BCUT2D eigenvalue weighted by molar-refractivity contribution is -0.136. The number of carbonyl (C=O) groups excluding carboxylic acids is 2. The maximum absolute atomic E-state index is 12.6. The number of halogens is 1. The minimum Gasteiger partial charge on any atom is -0.497 e. The van der Waals surface area contributed by atoms with Gasteiger partial charge in [0.2, 0.25) is 0 Å². The van der Waals surface area contributed by atoms with Crippen LogP contribution in [-0.4, -0.2) is 37.1 Å². The van der Waals surface area contributed by atoms with Gasteiger partial charge in [-0.3, -0.25) is 9.59 Å². The van der Waals surface area contributed by atoms with Gasteiger partial charge in [-0.15, -0.1) is 0 Å². The van der Waals surface area contributed by atoms with Gasteiger partial charge in [-0.1, -0.05) is 23.7 Å². The molecule has 11 heteroatoms. The fourth-order valence-electron chi connectivity index (χ4n) is 3.31. The van der Waals surface area contributed by atoms with Crippen molar-refractivity contribution in [3.63, 3.8) is 0 Å². The van der Waals surface area contributed by atoms with Crippen molar-refractivity contribution in [2.45, 2.75) is 18.1 Å². The molecule has 166 valence electrons. The standard InChI is InChI=1S/C21H19ClN4O5S/c1-31-16-8-6-15(7-9-16)26-19(17-11-32(29,30)12-18(17)25-26)24-21(28)20(27)23-10-13-2-4-14(22)5-3-13/h2-9H,10-12H2,1H3,(H,23,27)(H,24,28). The number of nitrogens with one attached hydrogen (secondary N) is 2. The number of hydrogen-bond acceptors (Lipinski definition) is 6. The summed E-state index contributed by atoms with van der Waals surface area (Å²) in [7, 11) is -1.82. The van der Waals surface area contributed by atoms with Gasteiger partial charge in [-0.05, 0) is 42.0 Å². The molecule has 1 aliphatic rings. The Labute approximate surface area is 189 Å². The number of carbonyl (C=O) groups is 2. The Bertz CT molecular complexity index is 1280. The fourth-order valence-corrected chi connectivity index (χ4v) is 4.93. The van der Waals surface area contributed by atoms with Crippen LogP contribution < -0.4 is 15.4 Å². The zero-order valence-corrected chi connectivity index (χ0v) is 18.5. The van der Waals surface area contributed by atoms with Gasteiger partial charge in [0.25, 0.3) is 0 Å². The summed E-state index contributed by atoms with van der Waals surface area (Å²) in [5, 5.41) is 9.99. The van der Waals surface area contributed by atoms with Crippen molar-refractivity contribution >= 4 is 39.1 Å². The Morgan fingerprint density at radius 2 is 1.75 bits per heavy atom. The normalized spacial score (nSPS) is 13.9. The summed E-state index contributed by atoms with van der Waals surface area (Å²) in [6.45, 7) is 0.133. The molecule has 4 rings (SSSR count). The first-order valence-corrected chi connectivity index (χ1v) is 11.7. The van der Waals surface area contributed by atoms with Crippen LogP contribution in [-0.2, 0) is 37.5 Å². The third-order valence-corrected chi connectivity index (χ3v) is 6.60. The van der Waals surface area contributed by atoms with E-state index in [1.165, 1.54) is 11.8 Å². The summed E-state index contributed by atoms with van der Waals surface area (Å²) in [5.74, 6) is -1.50. The number of methoxy groups -OCH3 is 1. The Morgan fingerprint density at radius 1 is 1.06 bits per heavy atom. The van der Waals surface area contributed by atoms with Crippen LogP contribution in [0.15, 0.2) is 48.5 Å². The Hall–Kier alpha value is -3.37. The van der Waals surface area contributed by atoms with Gasteiger partial charge < -0.3 is 15.4 Å². The highest BCUT2D eigenvalue weighted by molar-refractivity contribution is 7.90. The molecule has 0 bridgehead atoms. The van der Waals surface area contributed by atoms with Gasteiger partial charge in [0.15, 0.2) is 9.84 Å². The highest BCUT2D eigenvalue weighted by atomic mass is 35.5. The van der Waals surface area contributed by atoms with Crippen LogP contribution in [0.1, 0.15) is 16.8 Å². The Kier molecular flexibility index (Phi) is 5.90. The molecule has 2 heterocycles. The van der Waals surface area contributed by atoms with Gasteiger partial charge in [0.1, 0.15) is 11.6 Å². The number of aromatic nitrogens is 2. The van der Waals surface area contributed by atoms with Crippen molar-refractivity contribution in [1.29, 1.82) is 0 Å². The molecule has 0 spiro atoms. The van der Waals surface area contributed by atoms with E-state index in [1.807, 2.05) is 0 Å². The number of fused-ring (bicyclic) bond motifs is 1. The highest BCUT2D eigenvalue weighted by Crippen LogP contribution is 2.33. The molecule has 0 saturated heterocycles. The van der Waals surface area contributed by atoms with Crippen molar-refractivity contribution in [1.82, 2.24) is 15.1 Å². The van der Waals surface area contributed by atoms with Crippen LogP contribution in [0.25, 0.3) is 5.69 Å². The first kappa shape index (κ1) is 21.8. The summed E-state index contributed by atoms with van der Waals surface area (Å²) in [6, 6.07) is 13.7. The zero-order chi connectivity index (χ0) is 22.9. The van der Waals surface area contributed by atoms with Crippen LogP contribution in [0.2, 0.25) is 5.02 Å². The second-order valence-electron chi connectivity index (χ2n) is 7.18. The number of ether oxygens (including phenoxy) is 1. The van der Waals surface area contributed by atoms with E-state index in [4.69, 9.17) is 16.3 Å². The molecule has 9 nitrogen and oxygen atoms in total. The quantitative estimate of drug-likeness (QED) is 0.547. The van der Waals surface area contributed by atoms with E-state index in [9.17, 15) is 18.0 Å². The number of rotatable bonds is 5. The lowest BCUT2D eigenvalue weighted by atomic mass is 10.2. The molecule has 2 amide bonds. The van der Waals surface area contributed by atoms with E-state index in [-0.39, 0.29) is 23.9 Å². The second kappa shape index (κ2) is 8.64. The van der Waals surface area contributed by atoms with Crippen LogP contribution in [0.5, 0.6) is 5.75 Å². The molecule has 1 aromatic heterocycles. The molecule has 0 atom stereocenters. The minimum absolute atomic E-state index is 0.133. The number of anilines is 1. The zero-order valence-electron chi connectivity index (χ0n) is 17.0. The molecule has 32 heavy (non-hydrogen) atoms. The van der Waals surface area contributed by atoms with E-state index in [0.717, 1.165) is 5.56 Å². The predicted molar refractivity (Wildman–Crippen MR) is 118 cm³/mol. The largest absolute Gasteiger partial charge is 0.497 e. The van der Waals surface area contributed by atoms with Crippen LogP contribution in [0.4, 0.5) is 5.82 Å². The average Bonchev–Trinajstić information content (AvgIpc) is 3.25. The maximum atomic E-state index is 12.6. The molecular weight excluding hydrogens is 456 g/mol. The monoisotopic (exact) mass is 474 g/mol. The van der Waals surface area contributed by atoms with Crippen LogP contribution in [0.3, 0.4) is 0 Å². The smallest absolute Gasteiger partial charge is 0.314 e. The summed E-state index contributed by atoms with van der Waals surface area (Å²) in [4.78, 5) is 24.9. The predicted octanol–water partition coefficient (Wildman–Crippen LogP) is 2.22. The summed E-state index contributed by atoms with van der Waals surface area (Å²) >= 11 is 5.84. The van der Waals surface area contributed by atoms with Gasteiger partial charge in [-0.2, -0.15) is 5.10 Å². The fraction of sp³-hybridized carbons (Fsp3) is 0.190. The average molecular weight is 475 g/mol. The van der Waals surface area contributed by atoms with E-state index >= 15 is 0 Å². The van der Waals surface area contributed by atoms with Gasteiger partial charge in [0, 0.05) is 17.1 Å². The summed E-state index contributed by atoms with van der Waals surface area (Å²) in [6.07, 6.45) is 0. The van der Waals surface area contributed by atoms with Gasteiger partial charge >= 0.3 is 11.8 Å². The molecule has 0 saturated carbocycles. The molecule has 2 N–H and O–H groups in total. The molecule has 2 aromatic carbocycles. The number of amides is 2. The first-order valence-electron chi connectivity index (χ1n) is 9.55. The Balaban J connectivity index is 1.56. The van der Waals surface area contributed by atoms with E-state index in [0.29, 0.717) is 27.7 Å². The summed E-state index contributed by atoms with van der Waals surface area (Å²) < 4.78 is 30.7. The molecule has 0 unspecified atom stereocenters. The second-order valence-corrected chi connectivity index (χ2v) is 9.68. The van der Waals surface area contributed by atoms with Crippen LogP contribution >= 0.6 is 11.6 Å². The van der Waals surface area contributed by atoms with Crippen molar-refractivity contribution in [3.05, 3.63) is 70.4 Å². The maximum Gasteiger partial charge on any atom is 0.314 e. The lowest BCUT2D eigenvalue weighted by Crippen LogP contribution is -2.35. The molecule has 3 aromatic rings. The highest BCUT2D eigenvalue weighted by Gasteiger charge is 2.33. The van der Waals surface area contributed by atoms with Crippen molar-refractivity contribution < 1.29 is 22.7 Å². The number of nitrogens with zero attached hydrogens (tertiary/aromatic N) is 2. The van der Waals surface area contributed by atoms with Crippen molar-refractivity contribution in [3.8, 4) is 11.4 Å². The topological polar surface area (TPSA) is 119 Å². The first-order chi connectivity index (χ1) is 15.3. The Morgan fingerprint density at radius 3 is 2.41 bits per heavy atom. The summed E-state index contributed by atoms with van der Waals surface area (Å²) in [5.41, 5.74) is 2.07. The van der Waals surface area contributed by atoms with Crippen LogP contribution in [0, 0.1) is 0 Å².